The average molecular weight is 492 g/mol. The molecule has 5 rings (SSSR count). The molecule has 1 aliphatic carbocycles. The summed E-state index contributed by atoms with van der Waals surface area (Å²) in [6.45, 7) is 11.5. The minimum Gasteiger partial charge on any atom is -0.379 e. The van der Waals surface area contributed by atoms with Crippen LogP contribution in [0.3, 0.4) is 0 Å². The Morgan fingerprint density at radius 3 is 2.69 bits per heavy atom. The Morgan fingerprint density at radius 1 is 1.20 bits per heavy atom. The molecule has 3 heterocycles. The topological polar surface area (TPSA) is 65.3 Å². The van der Waals surface area contributed by atoms with Crippen LogP contribution in [0.25, 0.3) is 11.3 Å². The van der Waals surface area contributed by atoms with Crippen molar-refractivity contribution in [2.75, 3.05) is 39.5 Å². The Hall–Kier alpha value is -2.30. The van der Waals surface area contributed by atoms with Gasteiger partial charge in [-0.3, -0.25) is 4.90 Å². The summed E-state index contributed by atoms with van der Waals surface area (Å²) in [5.74, 6) is -0.0492. The molecule has 7 nitrogen and oxygen atoms in total. The molecule has 2 fully saturated rings. The zero-order valence-corrected chi connectivity index (χ0v) is 20.4. The first-order valence-electron chi connectivity index (χ1n) is 12.3. The first kappa shape index (κ1) is 24.4. The van der Waals surface area contributed by atoms with Gasteiger partial charge in [0.2, 0.25) is 0 Å². The van der Waals surface area contributed by atoms with Gasteiger partial charge in [0.25, 0.3) is 5.82 Å². The second kappa shape index (κ2) is 9.29. The second-order valence-corrected chi connectivity index (χ2v) is 10.3. The van der Waals surface area contributed by atoms with Gasteiger partial charge in [0.05, 0.1) is 31.1 Å². The minimum atomic E-state index is -4.64. The van der Waals surface area contributed by atoms with Crippen LogP contribution < -0.4 is 0 Å². The molecule has 1 saturated carbocycles. The molecule has 1 spiro atoms. The summed E-state index contributed by atoms with van der Waals surface area (Å²) < 4.78 is 53.0. The van der Waals surface area contributed by atoms with Gasteiger partial charge in [-0.2, -0.15) is 17.9 Å². The van der Waals surface area contributed by atoms with Gasteiger partial charge in [-0.15, -0.1) is 5.10 Å². The smallest absolute Gasteiger partial charge is 0.379 e. The molecular weight excluding hydrogens is 459 g/mol. The van der Waals surface area contributed by atoms with Gasteiger partial charge in [-0.05, 0) is 75.9 Å². The quantitative estimate of drug-likeness (QED) is 0.620. The number of morpholine rings is 1. The normalized spacial score (nSPS) is 27.8. The molecule has 0 N–H and O–H groups in total. The predicted octanol–water partition coefficient (Wildman–Crippen LogP) is 4.34. The standard InChI is InChI=1S/C25H32F3N5O2/c1-16(2)21-5-4-20(33-23(25(26,27)28)29-30-31-33)12-22(21)19-13-24(35-15-19)7-6-18(17(24)3)14-32-8-10-34-11-9-32/h4-5,12-13,16-18H,6-11,14-15H2,1-3H3/t17?,18?,24-/m1/s1. The molecule has 2 aromatic rings. The number of aromatic nitrogens is 4. The zero-order chi connectivity index (χ0) is 24.8. The number of hydrogen-bond acceptors (Lipinski definition) is 6. The fraction of sp³-hybridized carbons (Fsp3) is 0.640. The van der Waals surface area contributed by atoms with E-state index in [2.05, 4.69) is 47.3 Å². The fourth-order valence-corrected chi connectivity index (χ4v) is 5.80. The maximum atomic E-state index is 13.4. The number of alkyl halides is 3. The van der Waals surface area contributed by atoms with E-state index < -0.39 is 12.0 Å². The van der Waals surface area contributed by atoms with E-state index in [1.807, 2.05) is 6.07 Å². The van der Waals surface area contributed by atoms with Gasteiger partial charge in [-0.1, -0.05) is 26.8 Å². The zero-order valence-electron chi connectivity index (χ0n) is 20.4. The largest absolute Gasteiger partial charge is 0.453 e. The Kier molecular flexibility index (Phi) is 6.48. The van der Waals surface area contributed by atoms with Crippen molar-refractivity contribution in [3.05, 3.63) is 41.2 Å². The lowest BCUT2D eigenvalue weighted by Crippen LogP contribution is -2.41. The number of tetrazole rings is 1. The average Bonchev–Trinajstić information content (AvgIpc) is 3.56. The Labute approximate surface area is 203 Å². The number of halogens is 3. The van der Waals surface area contributed by atoms with E-state index in [0.717, 1.165) is 67.1 Å². The molecule has 3 aliphatic rings. The van der Waals surface area contributed by atoms with Gasteiger partial charge >= 0.3 is 6.18 Å². The molecule has 0 bridgehead atoms. The molecule has 2 aliphatic heterocycles. The molecule has 1 aromatic heterocycles. The third kappa shape index (κ3) is 4.63. The van der Waals surface area contributed by atoms with Crippen LogP contribution in [0.4, 0.5) is 13.2 Å². The van der Waals surface area contributed by atoms with Crippen molar-refractivity contribution in [3.8, 4) is 5.69 Å². The molecule has 0 amide bonds. The van der Waals surface area contributed by atoms with Crippen LogP contribution in [0.1, 0.15) is 56.5 Å². The predicted molar refractivity (Wildman–Crippen MR) is 124 cm³/mol. The fourth-order valence-electron chi connectivity index (χ4n) is 5.80. The van der Waals surface area contributed by atoms with E-state index in [4.69, 9.17) is 9.47 Å². The van der Waals surface area contributed by atoms with E-state index in [9.17, 15) is 13.2 Å². The van der Waals surface area contributed by atoms with E-state index in [-0.39, 0.29) is 17.2 Å². The van der Waals surface area contributed by atoms with Crippen molar-refractivity contribution in [1.82, 2.24) is 25.1 Å². The van der Waals surface area contributed by atoms with Gasteiger partial charge in [0.1, 0.15) is 0 Å². The lowest BCUT2D eigenvalue weighted by atomic mass is 9.85. The van der Waals surface area contributed by atoms with Crippen molar-refractivity contribution < 1.29 is 22.6 Å². The van der Waals surface area contributed by atoms with Crippen LogP contribution in [-0.2, 0) is 15.7 Å². The van der Waals surface area contributed by atoms with Gasteiger partial charge in [0, 0.05) is 19.6 Å². The van der Waals surface area contributed by atoms with Crippen LogP contribution in [0.2, 0.25) is 0 Å². The van der Waals surface area contributed by atoms with Crippen LogP contribution in [-0.4, -0.2) is 70.2 Å². The molecule has 10 heteroatoms. The highest BCUT2D eigenvalue weighted by atomic mass is 19.4. The third-order valence-corrected chi connectivity index (χ3v) is 7.87. The second-order valence-electron chi connectivity index (χ2n) is 10.3. The first-order valence-corrected chi connectivity index (χ1v) is 12.3. The summed E-state index contributed by atoms with van der Waals surface area (Å²) in [7, 11) is 0. The van der Waals surface area contributed by atoms with E-state index in [1.54, 1.807) is 12.1 Å². The maximum Gasteiger partial charge on any atom is 0.453 e. The minimum absolute atomic E-state index is 0.197. The van der Waals surface area contributed by atoms with E-state index in [0.29, 0.717) is 18.4 Å². The summed E-state index contributed by atoms with van der Waals surface area (Å²) in [5.41, 5.74) is 2.95. The Balaban J connectivity index is 1.45. The molecule has 2 unspecified atom stereocenters. The number of ether oxygens (including phenoxy) is 2. The summed E-state index contributed by atoms with van der Waals surface area (Å²) in [6, 6.07) is 5.29. The summed E-state index contributed by atoms with van der Waals surface area (Å²) in [6.07, 6.45) is -0.352. The summed E-state index contributed by atoms with van der Waals surface area (Å²) in [4.78, 5) is 2.48. The van der Waals surface area contributed by atoms with Crippen molar-refractivity contribution >= 4 is 5.57 Å². The first-order chi connectivity index (χ1) is 16.7. The van der Waals surface area contributed by atoms with Crippen molar-refractivity contribution in [3.63, 3.8) is 0 Å². The van der Waals surface area contributed by atoms with E-state index in [1.165, 1.54) is 0 Å². The molecule has 1 saturated heterocycles. The highest BCUT2D eigenvalue weighted by Gasteiger charge is 2.48. The van der Waals surface area contributed by atoms with Crippen LogP contribution >= 0.6 is 0 Å². The van der Waals surface area contributed by atoms with E-state index >= 15 is 0 Å². The van der Waals surface area contributed by atoms with Crippen LogP contribution in [0.5, 0.6) is 0 Å². The molecule has 35 heavy (non-hydrogen) atoms. The van der Waals surface area contributed by atoms with Crippen molar-refractivity contribution in [2.24, 2.45) is 11.8 Å². The van der Waals surface area contributed by atoms with Gasteiger partial charge < -0.3 is 9.47 Å². The monoisotopic (exact) mass is 491 g/mol. The van der Waals surface area contributed by atoms with Crippen LogP contribution in [0.15, 0.2) is 24.3 Å². The molecule has 1 aromatic carbocycles. The highest BCUT2D eigenvalue weighted by molar-refractivity contribution is 5.74. The lowest BCUT2D eigenvalue weighted by Gasteiger charge is -2.33. The maximum absolute atomic E-state index is 13.4. The van der Waals surface area contributed by atoms with Crippen molar-refractivity contribution in [2.45, 2.75) is 51.3 Å². The summed E-state index contributed by atoms with van der Waals surface area (Å²) >= 11 is 0. The number of nitrogens with zero attached hydrogens (tertiary/aromatic N) is 5. The van der Waals surface area contributed by atoms with Crippen LogP contribution in [0, 0.1) is 11.8 Å². The Bertz CT molecular complexity index is 1090. The lowest BCUT2D eigenvalue weighted by molar-refractivity contribution is -0.146. The number of hydrogen-bond donors (Lipinski definition) is 0. The van der Waals surface area contributed by atoms with Gasteiger partial charge in [0.15, 0.2) is 0 Å². The van der Waals surface area contributed by atoms with Crippen molar-refractivity contribution in [1.29, 1.82) is 0 Å². The SMILES string of the molecule is CC(C)c1ccc(-n2nnnc2C(F)(F)F)cc1C1=C[C@@]2(CCC(CN3CCOCC3)C2C)OC1. The van der Waals surface area contributed by atoms with Gasteiger partial charge in [-0.25, -0.2) is 0 Å². The third-order valence-electron chi connectivity index (χ3n) is 7.87. The summed E-state index contributed by atoms with van der Waals surface area (Å²) in [5, 5.41) is 10.1. The molecule has 3 atom stereocenters. The molecule has 190 valence electrons. The highest BCUT2D eigenvalue weighted by Crippen LogP contribution is 2.49. The Morgan fingerprint density at radius 2 is 1.97 bits per heavy atom. The molecular formula is C25H32F3N5O2. The number of rotatable bonds is 5. The molecule has 0 radical (unpaired) electrons. The number of benzene rings is 1.